The highest BCUT2D eigenvalue weighted by molar-refractivity contribution is 6.30. The lowest BCUT2D eigenvalue weighted by molar-refractivity contribution is 0.289. The molecule has 0 saturated heterocycles. The first-order valence-electron chi connectivity index (χ1n) is 7.33. The van der Waals surface area contributed by atoms with Gasteiger partial charge in [-0.25, -0.2) is 0 Å². The van der Waals surface area contributed by atoms with E-state index >= 15 is 0 Å². The van der Waals surface area contributed by atoms with Crippen molar-refractivity contribution in [1.29, 1.82) is 0 Å². The summed E-state index contributed by atoms with van der Waals surface area (Å²) in [6.07, 6.45) is 5.34. The second kappa shape index (κ2) is 8.19. The van der Waals surface area contributed by atoms with Gasteiger partial charge in [0.1, 0.15) is 12.4 Å². The van der Waals surface area contributed by atoms with E-state index in [0.29, 0.717) is 17.7 Å². The first kappa shape index (κ1) is 15.2. The zero-order valence-corrected chi connectivity index (χ0v) is 12.7. The molecule has 2 atom stereocenters. The molecular formula is C17H22ClNO. The topological polar surface area (TPSA) is 21.3 Å². The van der Waals surface area contributed by atoms with Gasteiger partial charge in [-0.1, -0.05) is 43.2 Å². The Kier molecular flexibility index (Phi) is 6.24. The van der Waals surface area contributed by atoms with Crippen molar-refractivity contribution in [2.45, 2.75) is 38.6 Å². The Bertz CT molecular complexity index is 460. The molecule has 1 aliphatic rings. The minimum absolute atomic E-state index is 0.420. The minimum Gasteiger partial charge on any atom is -0.481 e. The summed E-state index contributed by atoms with van der Waals surface area (Å²) < 4.78 is 5.51. The van der Waals surface area contributed by atoms with Crippen LogP contribution >= 0.6 is 11.6 Å². The van der Waals surface area contributed by atoms with Crippen molar-refractivity contribution < 1.29 is 4.74 Å². The highest BCUT2D eigenvalue weighted by Gasteiger charge is 2.19. The summed E-state index contributed by atoms with van der Waals surface area (Å²) in [7, 11) is 0. The van der Waals surface area contributed by atoms with Gasteiger partial charge in [0.15, 0.2) is 0 Å². The van der Waals surface area contributed by atoms with E-state index in [0.717, 1.165) is 18.2 Å². The van der Waals surface area contributed by atoms with Gasteiger partial charge in [-0.15, -0.1) is 0 Å². The zero-order valence-electron chi connectivity index (χ0n) is 12.0. The number of ether oxygens (including phenoxy) is 1. The second-order valence-corrected chi connectivity index (χ2v) is 5.78. The lowest BCUT2D eigenvalue weighted by Gasteiger charge is -2.28. The third-order valence-electron chi connectivity index (χ3n) is 3.81. The van der Waals surface area contributed by atoms with Crippen molar-refractivity contribution in [3.63, 3.8) is 0 Å². The maximum Gasteiger partial charge on any atom is 0.149 e. The molecule has 2 nitrogen and oxygen atoms in total. The monoisotopic (exact) mass is 291 g/mol. The quantitative estimate of drug-likeness (QED) is 0.850. The van der Waals surface area contributed by atoms with Crippen LogP contribution in [0.3, 0.4) is 0 Å². The molecule has 20 heavy (non-hydrogen) atoms. The molecule has 1 saturated carbocycles. The summed E-state index contributed by atoms with van der Waals surface area (Å²) in [6.45, 7) is 3.50. The smallest absolute Gasteiger partial charge is 0.149 e. The number of nitrogens with one attached hydrogen (secondary N) is 1. The third kappa shape index (κ3) is 5.07. The molecule has 2 rings (SSSR count). The molecule has 0 heterocycles. The molecule has 1 aliphatic carbocycles. The Morgan fingerprint density at radius 1 is 1.20 bits per heavy atom. The predicted octanol–water partition coefficient (Wildman–Crippen LogP) is 3.89. The van der Waals surface area contributed by atoms with Crippen molar-refractivity contribution in [3.05, 3.63) is 29.3 Å². The molecular weight excluding hydrogens is 270 g/mol. The standard InChI is InChI=1S/C17H22ClNO/c1-14-6-2-3-7-17(14)19-12-4-5-13-20-16-10-8-15(18)9-11-16/h8-11,14,17,19H,2-3,6-7,12-13H2,1H3/t14-,17+/m0/s1. The maximum absolute atomic E-state index is 5.81. The number of benzene rings is 1. The van der Waals surface area contributed by atoms with Crippen LogP contribution in [-0.4, -0.2) is 19.2 Å². The average molecular weight is 292 g/mol. The van der Waals surface area contributed by atoms with E-state index in [4.69, 9.17) is 16.3 Å². The molecule has 1 fully saturated rings. The van der Waals surface area contributed by atoms with Crippen LogP contribution in [0.15, 0.2) is 24.3 Å². The normalized spacial score (nSPS) is 21.9. The van der Waals surface area contributed by atoms with E-state index in [-0.39, 0.29) is 0 Å². The molecule has 0 amide bonds. The third-order valence-corrected chi connectivity index (χ3v) is 4.07. The average Bonchev–Trinajstić information content (AvgIpc) is 2.46. The number of hydrogen-bond donors (Lipinski definition) is 1. The van der Waals surface area contributed by atoms with Gasteiger partial charge in [0.05, 0.1) is 6.54 Å². The van der Waals surface area contributed by atoms with Crippen LogP contribution < -0.4 is 10.1 Å². The molecule has 1 aromatic carbocycles. The minimum atomic E-state index is 0.420. The Labute approximate surface area is 126 Å². The Balaban J connectivity index is 1.63. The van der Waals surface area contributed by atoms with Crippen LogP contribution in [0, 0.1) is 17.8 Å². The summed E-state index contributed by atoms with van der Waals surface area (Å²) in [5, 5.41) is 4.25. The SMILES string of the molecule is C[C@H]1CCCC[C@H]1NCC#CCOc1ccc(Cl)cc1. The Hall–Kier alpha value is -1.17. The van der Waals surface area contributed by atoms with Gasteiger partial charge in [-0.05, 0) is 43.0 Å². The Morgan fingerprint density at radius 3 is 2.70 bits per heavy atom. The van der Waals surface area contributed by atoms with Crippen molar-refractivity contribution in [1.82, 2.24) is 5.32 Å². The van der Waals surface area contributed by atoms with Crippen LogP contribution in [-0.2, 0) is 0 Å². The molecule has 0 bridgehead atoms. The summed E-state index contributed by atoms with van der Waals surface area (Å²) >= 11 is 5.81. The largest absolute Gasteiger partial charge is 0.481 e. The highest BCUT2D eigenvalue weighted by Crippen LogP contribution is 2.23. The lowest BCUT2D eigenvalue weighted by Crippen LogP contribution is -2.37. The van der Waals surface area contributed by atoms with E-state index in [1.165, 1.54) is 25.7 Å². The fourth-order valence-corrected chi connectivity index (χ4v) is 2.69. The fraction of sp³-hybridized carbons (Fsp3) is 0.529. The number of halogens is 1. The van der Waals surface area contributed by atoms with Gasteiger partial charge in [-0.3, -0.25) is 0 Å². The lowest BCUT2D eigenvalue weighted by atomic mass is 9.86. The molecule has 0 unspecified atom stereocenters. The first-order valence-corrected chi connectivity index (χ1v) is 7.71. The zero-order chi connectivity index (χ0) is 14.2. The molecule has 108 valence electrons. The summed E-state index contributed by atoms with van der Waals surface area (Å²) in [4.78, 5) is 0. The summed E-state index contributed by atoms with van der Waals surface area (Å²) in [5.41, 5.74) is 0. The van der Waals surface area contributed by atoms with E-state index < -0.39 is 0 Å². The van der Waals surface area contributed by atoms with Gasteiger partial charge in [0, 0.05) is 11.1 Å². The van der Waals surface area contributed by atoms with Crippen LogP contribution in [0.1, 0.15) is 32.6 Å². The molecule has 0 spiro atoms. The van der Waals surface area contributed by atoms with Crippen molar-refractivity contribution in [3.8, 4) is 17.6 Å². The number of hydrogen-bond acceptors (Lipinski definition) is 2. The van der Waals surface area contributed by atoms with E-state index in [1.54, 1.807) is 0 Å². The van der Waals surface area contributed by atoms with Gasteiger partial charge in [-0.2, -0.15) is 0 Å². The molecule has 3 heteroatoms. The second-order valence-electron chi connectivity index (χ2n) is 5.35. The van der Waals surface area contributed by atoms with Crippen molar-refractivity contribution in [2.75, 3.05) is 13.2 Å². The van der Waals surface area contributed by atoms with E-state index in [2.05, 4.69) is 24.1 Å². The van der Waals surface area contributed by atoms with Gasteiger partial charge in [0.25, 0.3) is 0 Å². The van der Waals surface area contributed by atoms with Crippen molar-refractivity contribution in [2.24, 2.45) is 5.92 Å². The number of rotatable bonds is 4. The predicted molar refractivity (Wildman–Crippen MR) is 84.1 cm³/mol. The van der Waals surface area contributed by atoms with E-state index in [9.17, 15) is 0 Å². The van der Waals surface area contributed by atoms with Crippen LogP contribution in [0.5, 0.6) is 5.75 Å². The Morgan fingerprint density at radius 2 is 1.95 bits per heavy atom. The fourth-order valence-electron chi connectivity index (χ4n) is 2.57. The van der Waals surface area contributed by atoms with Crippen LogP contribution in [0.25, 0.3) is 0 Å². The van der Waals surface area contributed by atoms with E-state index in [1.807, 2.05) is 24.3 Å². The summed E-state index contributed by atoms with van der Waals surface area (Å²) in [5.74, 6) is 7.74. The molecule has 0 aromatic heterocycles. The van der Waals surface area contributed by atoms with Crippen molar-refractivity contribution >= 4 is 11.6 Å². The molecule has 0 radical (unpaired) electrons. The maximum atomic E-state index is 5.81. The first-order chi connectivity index (χ1) is 9.75. The van der Waals surface area contributed by atoms with Crippen LogP contribution in [0.4, 0.5) is 0 Å². The van der Waals surface area contributed by atoms with Crippen LogP contribution in [0.2, 0.25) is 5.02 Å². The van der Waals surface area contributed by atoms with Gasteiger partial charge >= 0.3 is 0 Å². The molecule has 1 aromatic rings. The molecule has 1 N–H and O–H groups in total. The highest BCUT2D eigenvalue weighted by atomic mass is 35.5. The summed E-state index contributed by atoms with van der Waals surface area (Å²) in [6, 6.07) is 7.97. The van der Waals surface area contributed by atoms with Gasteiger partial charge < -0.3 is 10.1 Å². The molecule has 0 aliphatic heterocycles. The van der Waals surface area contributed by atoms with Gasteiger partial charge in [0.2, 0.25) is 0 Å².